The predicted octanol–water partition coefficient (Wildman–Crippen LogP) is 13.8. The molecule has 0 radical (unpaired) electrons. The van der Waals surface area contributed by atoms with E-state index in [1.54, 1.807) is 36.4 Å². The minimum absolute atomic E-state index is 0.178. The largest absolute Gasteiger partial charge is 0.497 e. The number of hydrogen-bond acceptors (Lipinski definition) is 23. The third-order valence-corrected chi connectivity index (χ3v) is 23.0. The van der Waals surface area contributed by atoms with Crippen LogP contribution >= 0.6 is 22.6 Å². The molecule has 6 aliphatic rings. The molecule has 0 amide bonds. The summed E-state index contributed by atoms with van der Waals surface area (Å²) in [6, 6.07) is 43.6. The molecule has 8 N–H and O–H groups in total. The van der Waals surface area contributed by atoms with E-state index in [9.17, 15) is 9.18 Å². The van der Waals surface area contributed by atoms with Gasteiger partial charge in [-0.3, -0.25) is 4.79 Å². The maximum Gasteiger partial charge on any atom is 0.497 e. The molecular formula is C84H97BF3IN20O6. The van der Waals surface area contributed by atoms with Gasteiger partial charge in [0.25, 0.3) is 0 Å². The number of nitrogens with two attached hydrogens (primary N) is 3. The number of fused-ring (bicyclic) bond motifs is 3. The van der Waals surface area contributed by atoms with Crippen molar-refractivity contribution in [1.82, 2.24) is 84.6 Å². The number of hydrogen-bond donors (Lipinski definition) is 5. The number of rotatable bonds is 13. The SMILES string of the molecule is CC1(C)OB(c2ccc(Oc3ccccc3)cc2F)OC1(C)C.CN1CCC(=O)CC1.CN1CCC(N2CCC(n3nc(-c4ccc(Oc5ccccc5)cc4F)c4c(N)ncnc43)CC2)CC1.Nc1ncnc2c1c(-c1ccc(Oc3ccccc3)cc1F)nn2C1CCNCC1.Nc1ncnc2c1c(I)nn2C1CCNCC1. The number of nitrogens with one attached hydrogen (secondary N) is 2. The van der Waals surface area contributed by atoms with Crippen LogP contribution in [-0.4, -0.2) is 184 Å². The molecule has 26 nitrogen and oxygen atoms in total. The lowest BCUT2D eigenvalue weighted by Crippen LogP contribution is -2.47. The van der Waals surface area contributed by atoms with Gasteiger partial charge in [0.2, 0.25) is 0 Å². The highest BCUT2D eigenvalue weighted by Crippen LogP contribution is 2.41. The van der Waals surface area contributed by atoms with Crippen LogP contribution in [0.5, 0.6) is 34.5 Å². The van der Waals surface area contributed by atoms with Crippen molar-refractivity contribution in [2.75, 3.05) is 96.7 Å². The van der Waals surface area contributed by atoms with Gasteiger partial charge < -0.3 is 66.1 Å². The highest BCUT2D eigenvalue weighted by Gasteiger charge is 2.52. The van der Waals surface area contributed by atoms with Crippen LogP contribution in [0, 0.1) is 21.2 Å². The Labute approximate surface area is 680 Å². The molecule has 600 valence electrons. The molecule has 12 aromatic rings. The summed E-state index contributed by atoms with van der Waals surface area (Å²) in [5.41, 5.74) is 21.5. The van der Waals surface area contributed by atoms with Gasteiger partial charge in [-0.1, -0.05) is 60.7 Å². The fraction of sp³-hybridized carbons (Fsp3) is 0.381. The van der Waals surface area contributed by atoms with Crippen LogP contribution in [0.1, 0.15) is 110 Å². The Morgan fingerprint density at radius 3 is 1.22 bits per heavy atom. The maximum absolute atomic E-state index is 15.4. The second-order valence-corrected chi connectivity index (χ2v) is 31.6. The maximum atomic E-state index is 15.4. The van der Waals surface area contributed by atoms with E-state index in [0.29, 0.717) is 120 Å². The summed E-state index contributed by atoms with van der Waals surface area (Å²) in [6.45, 7) is 17.9. The molecule has 0 aliphatic carbocycles. The molecular weight excluding hydrogens is 1580 g/mol. The fourth-order valence-electron chi connectivity index (χ4n) is 15.0. The van der Waals surface area contributed by atoms with Crippen LogP contribution in [0.2, 0.25) is 0 Å². The molecule has 6 fully saturated rings. The number of anilines is 3. The normalized spacial score (nSPS) is 17.9. The second-order valence-electron chi connectivity index (χ2n) is 30.6. The lowest BCUT2D eigenvalue weighted by Gasteiger charge is -2.41. The number of carbonyl (C=O) groups is 1. The minimum Gasteiger partial charge on any atom is -0.457 e. The summed E-state index contributed by atoms with van der Waals surface area (Å²) in [4.78, 5) is 43.4. The van der Waals surface area contributed by atoms with E-state index in [1.807, 2.05) is 140 Å². The zero-order valence-corrected chi connectivity index (χ0v) is 67.7. The summed E-state index contributed by atoms with van der Waals surface area (Å²) in [6.07, 6.45) is 14.3. The van der Waals surface area contributed by atoms with Gasteiger partial charge in [0.05, 0.1) is 45.5 Å². The Morgan fingerprint density at radius 1 is 0.443 bits per heavy atom. The van der Waals surface area contributed by atoms with Gasteiger partial charge in [-0.25, -0.2) is 57.1 Å². The smallest absolute Gasteiger partial charge is 0.457 e. The quantitative estimate of drug-likeness (QED) is 0.0529. The molecule has 18 rings (SSSR count). The number of ketones is 1. The second kappa shape index (κ2) is 36.7. The third kappa shape index (κ3) is 19.3. The van der Waals surface area contributed by atoms with Crippen molar-refractivity contribution in [3.63, 3.8) is 0 Å². The van der Waals surface area contributed by atoms with E-state index < -0.39 is 35.8 Å². The number of aromatic nitrogens is 12. The molecule has 115 heavy (non-hydrogen) atoms. The summed E-state index contributed by atoms with van der Waals surface area (Å²) in [5, 5.41) is 23.0. The number of Topliss-reactive ketones (excluding diaryl/α,β-unsaturated/α-hetero) is 1. The van der Waals surface area contributed by atoms with E-state index in [0.717, 1.165) is 132 Å². The molecule has 0 spiro atoms. The van der Waals surface area contributed by atoms with Crippen molar-refractivity contribution < 1.29 is 41.5 Å². The standard InChI is InChI=1S/C28H32FN7O.C22H21FN6O.C18H20BFO3.C10H13IN6.C6H11NO/c1-34-13-9-19(10-14-34)35-15-11-20(12-16-35)36-28-25(27(30)31-18-32-28)26(33-36)23-8-7-22(17-24(23)29)37-21-5-3-2-4-6-21;23-18-12-16(30-15-4-2-1-3-5-15)6-7-17(18)20-19-21(24)26-13-27-22(19)29(28-20)14-8-10-25-11-9-14;1-17(2)18(3,4)23-19(22-17)15-11-10-14(12-16(15)20)21-13-8-6-5-7-9-13;11-8-7-9(12)14-5-15-10(7)17(16-8)6-1-3-13-4-2-6;1-7-4-2-6(8)3-5-7/h2-8,17-20H,9-16H2,1H3,(H2,30,31,32);1-7,12-14,25H,8-11H2,(H2,24,26,27);5-12H,1-4H3;5-6,13H,1-4H2,(H2,12,14,15);2-5H2,1H3. The van der Waals surface area contributed by atoms with E-state index in [2.05, 4.69) is 90.0 Å². The van der Waals surface area contributed by atoms with Gasteiger partial charge in [0.1, 0.15) is 109 Å². The molecule has 6 aromatic heterocycles. The van der Waals surface area contributed by atoms with E-state index in [4.69, 9.17) is 50.9 Å². The minimum atomic E-state index is -0.717. The number of carbonyl (C=O) groups excluding carboxylic acids is 1. The van der Waals surface area contributed by atoms with Gasteiger partial charge in [0.15, 0.2) is 16.9 Å². The number of halogens is 4. The van der Waals surface area contributed by atoms with E-state index in [1.165, 1.54) is 50.0 Å². The zero-order valence-electron chi connectivity index (χ0n) is 65.5. The lowest BCUT2D eigenvalue weighted by atomic mass is 9.78. The van der Waals surface area contributed by atoms with Gasteiger partial charge in [-0.15, -0.1) is 0 Å². The zero-order chi connectivity index (χ0) is 80.3. The summed E-state index contributed by atoms with van der Waals surface area (Å²) in [5.74, 6) is 3.47. The Kier molecular flexibility index (Phi) is 26.0. The summed E-state index contributed by atoms with van der Waals surface area (Å²) >= 11 is 2.19. The molecule has 0 bridgehead atoms. The third-order valence-electron chi connectivity index (χ3n) is 22.2. The van der Waals surface area contributed by atoms with Crippen LogP contribution < -0.4 is 47.5 Å². The van der Waals surface area contributed by atoms with Crippen molar-refractivity contribution in [2.24, 2.45) is 0 Å². The van der Waals surface area contributed by atoms with Crippen LogP contribution in [0.15, 0.2) is 165 Å². The van der Waals surface area contributed by atoms with Crippen molar-refractivity contribution in [2.45, 2.75) is 127 Å². The average molecular weight is 1680 g/mol. The number of para-hydroxylation sites is 3. The Morgan fingerprint density at radius 2 is 0.809 bits per heavy atom. The predicted molar refractivity (Wildman–Crippen MR) is 449 cm³/mol. The van der Waals surface area contributed by atoms with Crippen molar-refractivity contribution >= 4 is 91.5 Å². The van der Waals surface area contributed by atoms with Crippen LogP contribution in [0.25, 0.3) is 55.6 Å². The van der Waals surface area contributed by atoms with Gasteiger partial charge in [0, 0.05) is 79.9 Å². The molecule has 6 saturated heterocycles. The number of nitrogens with zero attached hydrogens (tertiary/aromatic N) is 15. The van der Waals surface area contributed by atoms with Gasteiger partial charge in [-0.05, 0) is 222 Å². The first-order chi connectivity index (χ1) is 55.6. The van der Waals surface area contributed by atoms with E-state index in [-0.39, 0.29) is 12.1 Å². The topological polar surface area (TPSA) is 306 Å². The molecule has 31 heteroatoms. The van der Waals surface area contributed by atoms with Crippen LogP contribution in [-0.2, 0) is 14.1 Å². The highest BCUT2D eigenvalue weighted by molar-refractivity contribution is 14.1. The molecule has 12 heterocycles. The average Bonchev–Trinajstić information content (AvgIpc) is 1.66. The van der Waals surface area contributed by atoms with Crippen LogP contribution in [0.4, 0.5) is 30.6 Å². The lowest BCUT2D eigenvalue weighted by molar-refractivity contribution is -0.121. The summed E-state index contributed by atoms with van der Waals surface area (Å²) < 4.78 is 80.7. The first kappa shape index (κ1) is 81.3. The Hall–Kier alpha value is -10.3. The highest BCUT2D eigenvalue weighted by atomic mass is 127. The Bertz CT molecular complexity index is 5270. The number of piperidine rings is 5. The monoisotopic (exact) mass is 1680 g/mol. The number of ether oxygens (including phenoxy) is 3. The molecule has 6 aliphatic heterocycles. The van der Waals surface area contributed by atoms with Crippen molar-refractivity contribution in [1.29, 1.82) is 0 Å². The van der Waals surface area contributed by atoms with E-state index >= 15 is 8.78 Å². The summed E-state index contributed by atoms with van der Waals surface area (Å²) in [7, 11) is 3.53. The van der Waals surface area contributed by atoms with Gasteiger partial charge >= 0.3 is 7.12 Å². The molecule has 6 aromatic carbocycles. The first-order valence-corrected chi connectivity index (χ1v) is 40.3. The molecule has 0 saturated carbocycles. The van der Waals surface area contributed by atoms with Crippen molar-refractivity contribution in [3.05, 3.63) is 186 Å². The number of benzene rings is 6. The molecule has 0 unspecified atom stereocenters. The molecule has 0 atom stereocenters. The fourth-order valence-corrected chi connectivity index (χ4v) is 15.8. The number of likely N-dealkylation sites (tertiary alicyclic amines) is 3. The van der Waals surface area contributed by atoms with Gasteiger partial charge in [-0.2, -0.15) is 15.3 Å². The number of nitrogen functional groups attached to an aromatic ring is 3. The van der Waals surface area contributed by atoms with Crippen molar-refractivity contribution in [3.8, 4) is 57.0 Å². The Balaban J connectivity index is 0.000000126. The first-order valence-electron chi connectivity index (χ1n) is 39.2. The van der Waals surface area contributed by atoms with Crippen LogP contribution in [0.3, 0.4) is 0 Å².